The molecule has 9 heteroatoms. The molecule has 4 rings (SSSR count). The second kappa shape index (κ2) is 9.19. The van der Waals surface area contributed by atoms with Gasteiger partial charge in [0, 0.05) is 17.1 Å². The van der Waals surface area contributed by atoms with E-state index in [2.05, 4.69) is 30.8 Å². The molecule has 2 heterocycles. The Bertz CT molecular complexity index is 1100. The molecule has 1 unspecified atom stereocenters. The van der Waals surface area contributed by atoms with Gasteiger partial charge in [-0.1, -0.05) is 36.4 Å². The van der Waals surface area contributed by atoms with Crippen molar-refractivity contribution in [3.63, 3.8) is 0 Å². The lowest BCUT2D eigenvalue weighted by molar-refractivity contribution is 0.249. The molecule has 2 aromatic carbocycles. The number of aromatic amines is 1. The largest absolute Gasteiger partial charge is 0.487 e. The van der Waals surface area contributed by atoms with Gasteiger partial charge in [0.25, 0.3) is 0 Å². The number of benzene rings is 2. The number of ether oxygens (including phenoxy) is 1. The van der Waals surface area contributed by atoms with Gasteiger partial charge in [-0.05, 0) is 24.6 Å². The highest BCUT2D eigenvalue weighted by atomic mass is 32.1. The summed E-state index contributed by atoms with van der Waals surface area (Å²) in [5.41, 5.74) is 4.12. The minimum Gasteiger partial charge on any atom is -0.487 e. The molecule has 152 valence electrons. The quantitative estimate of drug-likeness (QED) is 0.418. The number of hydrogen-bond acceptors (Lipinski definition) is 6. The third kappa shape index (κ3) is 5.00. The number of rotatable bonds is 7. The molecule has 0 bridgehead atoms. The van der Waals surface area contributed by atoms with E-state index < -0.39 is 6.04 Å². The highest BCUT2D eigenvalue weighted by molar-refractivity contribution is 7.07. The number of hydrogen-bond donors (Lipinski definition) is 3. The van der Waals surface area contributed by atoms with Gasteiger partial charge in [-0.2, -0.15) is 5.10 Å². The smallest absolute Gasteiger partial charge is 0.320 e. The predicted octanol–water partition coefficient (Wildman–Crippen LogP) is 4.06. The van der Waals surface area contributed by atoms with Gasteiger partial charge < -0.3 is 15.4 Å². The van der Waals surface area contributed by atoms with Crippen molar-refractivity contribution in [1.29, 1.82) is 0 Å². The maximum atomic E-state index is 12.7. The summed E-state index contributed by atoms with van der Waals surface area (Å²) in [6.07, 6.45) is 0. The second-order valence-electron chi connectivity index (χ2n) is 6.52. The van der Waals surface area contributed by atoms with Crippen LogP contribution in [0, 0.1) is 6.92 Å². The molecule has 0 aliphatic carbocycles. The van der Waals surface area contributed by atoms with Gasteiger partial charge in [-0.25, -0.2) is 14.8 Å². The van der Waals surface area contributed by atoms with Gasteiger partial charge in [0.05, 0.1) is 11.2 Å². The number of carbonyl (C=O) groups is 1. The summed E-state index contributed by atoms with van der Waals surface area (Å²) in [5, 5.41) is 14.8. The lowest BCUT2D eigenvalue weighted by Gasteiger charge is -2.17. The summed E-state index contributed by atoms with van der Waals surface area (Å²) in [6.45, 7) is 2.19. The Balaban J connectivity index is 1.44. The van der Waals surface area contributed by atoms with Crippen molar-refractivity contribution >= 4 is 23.1 Å². The third-order valence-corrected chi connectivity index (χ3v) is 4.88. The van der Waals surface area contributed by atoms with Crippen molar-refractivity contribution in [2.75, 3.05) is 5.32 Å². The molecule has 2 amide bonds. The van der Waals surface area contributed by atoms with Gasteiger partial charge in [-0.3, -0.25) is 5.10 Å². The molecular formula is C21H20N6O2S. The first-order valence-corrected chi connectivity index (χ1v) is 10.2. The number of anilines is 1. The molecule has 30 heavy (non-hydrogen) atoms. The summed E-state index contributed by atoms with van der Waals surface area (Å²) >= 11 is 1.52. The van der Waals surface area contributed by atoms with Crippen LogP contribution in [0.2, 0.25) is 0 Å². The molecule has 0 spiro atoms. The Labute approximate surface area is 177 Å². The topological polar surface area (TPSA) is 105 Å². The van der Waals surface area contributed by atoms with Crippen molar-refractivity contribution < 1.29 is 9.53 Å². The minimum atomic E-state index is -0.486. The Morgan fingerprint density at radius 1 is 1.20 bits per heavy atom. The average Bonchev–Trinajstić information content (AvgIpc) is 3.43. The molecule has 1 atom stereocenters. The summed E-state index contributed by atoms with van der Waals surface area (Å²) in [4.78, 5) is 21.3. The molecule has 4 aromatic rings. The number of nitrogens with one attached hydrogen (secondary N) is 3. The second-order valence-corrected chi connectivity index (χ2v) is 7.24. The van der Waals surface area contributed by atoms with Crippen LogP contribution in [0.5, 0.6) is 5.75 Å². The van der Waals surface area contributed by atoms with E-state index in [4.69, 9.17) is 4.74 Å². The molecular weight excluding hydrogens is 400 g/mol. The fourth-order valence-corrected chi connectivity index (χ4v) is 3.40. The van der Waals surface area contributed by atoms with Crippen LogP contribution >= 0.6 is 11.3 Å². The van der Waals surface area contributed by atoms with Crippen LogP contribution in [-0.4, -0.2) is 26.2 Å². The van der Waals surface area contributed by atoms with Crippen molar-refractivity contribution in [1.82, 2.24) is 25.5 Å². The number of aryl methyl sites for hydroxylation is 1. The summed E-state index contributed by atoms with van der Waals surface area (Å²) in [7, 11) is 0. The van der Waals surface area contributed by atoms with Gasteiger partial charge in [0.1, 0.15) is 24.2 Å². The maximum absolute atomic E-state index is 12.7. The van der Waals surface area contributed by atoms with Crippen LogP contribution in [0.3, 0.4) is 0 Å². The molecule has 2 aromatic heterocycles. The van der Waals surface area contributed by atoms with E-state index in [1.165, 1.54) is 11.3 Å². The molecule has 0 saturated heterocycles. The molecule has 8 nitrogen and oxygen atoms in total. The lowest BCUT2D eigenvalue weighted by atomic mass is 10.1. The first-order valence-electron chi connectivity index (χ1n) is 9.28. The van der Waals surface area contributed by atoms with E-state index in [0.29, 0.717) is 29.7 Å². The Hall–Kier alpha value is -3.72. The Morgan fingerprint density at radius 3 is 2.80 bits per heavy atom. The molecule has 0 fully saturated rings. The summed E-state index contributed by atoms with van der Waals surface area (Å²) in [6, 6.07) is 15.9. The Morgan fingerprint density at radius 2 is 2.07 bits per heavy atom. The highest BCUT2D eigenvalue weighted by Gasteiger charge is 2.21. The summed E-state index contributed by atoms with van der Waals surface area (Å²) in [5.74, 6) is 1.82. The first-order chi connectivity index (χ1) is 14.7. The van der Waals surface area contributed by atoms with Crippen molar-refractivity contribution in [2.24, 2.45) is 0 Å². The Kier molecular flexibility index (Phi) is 6.00. The van der Waals surface area contributed by atoms with Crippen LogP contribution in [-0.2, 0) is 6.61 Å². The van der Waals surface area contributed by atoms with E-state index in [1.54, 1.807) is 17.6 Å². The van der Waals surface area contributed by atoms with E-state index in [-0.39, 0.29) is 6.03 Å². The van der Waals surface area contributed by atoms with Crippen LogP contribution in [0.4, 0.5) is 10.5 Å². The standard InChI is InChI=1S/C21H20N6O2S/c1-14-23-20(27-26-14)19(15-6-3-2-4-7-15)25-21(28)24-16-8-5-9-18(10-16)29-11-17-12-30-13-22-17/h2-10,12-13,19H,11H2,1H3,(H,23,26,27)(H2,24,25,28). The number of thiazole rings is 1. The van der Waals surface area contributed by atoms with E-state index >= 15 is 0 Å². The number of H-pyrrole nitrogens is 1. The van der Waals surface area contributed by atoms with E-state index in [1.807, 2.05) is 54.8 Å². The molecule has 0 saturated carbocycles. The number of carbonyl (C=O) groups excluding carboxylic acids is 1. The first kappa shape index (κ1) is 19.6. The number of amides is 2. The highest BCUT2D eigenvalue weighted by Crippen LogP contribution is 2.21. The molecule has 0 aliphatic heterocycles. The van der Waals surface area contributed by atoms with Crippen molar-refractivity contribution in [3.8, 4) is 5.75 Å². The SMILES string of the molecule is Cc1nc(C(NC(=O)Nc2cccc(OCc3cscn3)c2)c2ccccc2)n[nH]1. The van der Waals surface area contributed by atoms with Crippen LogP contribution in [0.1, 0.15) is 28.9 Å². The fourth-order valence-electron chi connectivity index (χ4n) is 2.86. The lowest BCUT2D eigenvalue weighted by Crippen LogP contribution is -2.33. The van der Waals surface area contributed by atoms with Crippen molar-refractivity contribution in [2.45, 2.75) is 19.6 Å². The number of urea groups is 1. The van der Waals surface area contributed by atoms with Crippen molar-refractivity contribution in [3.05, 3.63) is 88.4 Å². The van der Waals surface area contributed by atoms with Crippen LogP contribution in [0.15, 0.2) is 65.5 Å². The van der Waals surface area contributed by atoms with Gasteiger partial charge in [0.15, 0.2) is 5.82 Å². The fraction of sp³-hybridized carbons (Fsp3) is 0.143. The minimum absolute atomic E-state index is 0.372. The van der Waals surface area contributed by atoms with Gasteiger partial charge in [0.2, 0.25) is 0 Å². The van der Waals surface area contributed by atoms with Crippen LogP contribution in [0.25, 0.3) is 0 Å². The van der Waals surface area contributed by atoms with E-state index in [0.717, 1.165) is 11.3 Å². The normalized spacial score (nSPS) is 11.6. The van der Waals surface area contributed by atoms with Gasteiger partial charge in [-0.15, -0.1) is 11.3 Å². The summed E-state index contributed by atoms with van der Waals surface area (Å²) < 4.78 is 5.74. The number of aromatic nitrogens is 4. The van der Waals surface area contributed by atoms with Gasteiger partial charge >= 0.3 is 6.03 Å². The number of nitrogens with zero attached hydrogens (tertiary/aromatic N) is 3. The maximum Gasteiger partial charge on any atom is 0.320 e. The average molecular weight is 420 g/mol. The molecule has 0 aliphatic rings. The zero-order valence-electron chi connectivity index (χ0n) is 16.2. The predicted molar refractivity (Wildman–Crippen MR) is 114 cm³/mol. The van der Waals surface area contributed by atoms with Crippen LogP contribution < -0.4 is 15.4 Å². The zero-order chi connectivity index (χ0) is 20.8. The third-order valence-electron chi connectivity index (χ3n) is 4.24. The molecule has 0 radical (unpaired) electrons. The zero-order valence-corrected chi connectivity index (χ0v) is 17.0. The molecule has 3 N–H and O–H groups in total. The van der Waals surface area contributed by atoms with E-state index in [9.17, 15) is 4.79 Å². The monoisotopic (exact) mass is 420 g/mol.